The van der Waals surface area contributed by atoms with Crippen LogP contribution in [0.1, 0.15) is 31.0 Å². The maximum atomic E-state index is 11.9. The smallest absolute Gasteiger partial charge is 0.414 e. The molecular formula is C15H17NO4. The van der Waals surface area contributed by atoms with Crippen molar-refractivity contribution in [2.45, 2.75) is 19.9 Å². The minimum absolute atomic E-state index is 0.574. The standard InChI is InChI=1S/C15H17NO4/c1-15(2,13(17)18)12-11-7-5-4-6-10(11)8-9-16(12)14(19)20-3/h4-9,12H,1-3H3,(H,17,18). The number of benzene rings is 1. The first-order valence-electron chi connectivity index (χ1n) is 6.26. The van der Waals surface area contributed by atoms with Gasteiger partial charge >= 0.3 is 12.1 Å². The van der Waals surface area contributed by atoms with Gasteiger partial charge < -0.3 is 9.84 Å². The number of carboxylic acids is 1. The lowest BCUT2D eigenvalue weighted by Crippen LogP contribution is -2.44. The fourth-order valence-corrected chi connectivity index (χ4v) is 2.43. The van der Waals surface area contributed by atoms with Crippen molar-refractivity contribution in [1.82, 2.24) is 4.90 Å². The summed E-state index contributed by atoms with van der Waals surface area (Å²) >= 11 is 0. The summed E-state index contributed by atoms with van der Waals surface area (Å²) in [6.45, 7) is 3.21. The van der Waals surface area contributed by atoms with Crippen LogP contribution in [-0.2, 0) is 9.53 Å². The fraction of sp³-hybridized carbons (Fsp3) is 0.333. The van der Waals surface area contributed by atoms with Crippen LogP contribution in [0.4, 0.5) is 4.79 Å². The molecular weight excluding hydrogens is 258 g/mol. The molecule has 5 nitrogen and oxygen atoms in total. The van der Waals surface area contributed by atoms with Crippen LogP contribution in [0.2, 0.25) is 0 Å². The number of aliphatic carboxylic acids is 1. The third-order valence-electron chi connectivity index (χ3n) is 3.60. The van der Waals surface area contributed by atoms with Gasteiger partial charge in [0.25, 0.3) is 0 Å². The molecule has 1 unspecified atom stereocenters. The highest BCUT2D eigenvalue weighted by Crippen LogP contribution is 2.43. The van der Waals surface area contributed by atoms with E-state index in [1.807, 2.05) is 24.3 Å². The van der Waals surface area contributed by atoms with Crippen molar-refractivity contribution in [1.29, 1.82) is 0 Å². The van der Waals surface area contributed by atoms with E-state index < -0.39 is 23.5 Å². The Morgan fingerprint density at radius 1 is 1.30 bits per heavy atom. The molecule has 0 radical (unpaired) electrons. The highest BCUT2D eigenvalue weighted by molar-refractivity contribution is 5.80. The van der Waals surface area contributed by atoms with Crippen LogP contribution in [-0.4, -0.2) is 29.2 Å². The molecule has 1 aliphatic rings. The number of carbonyl (C=O) groups is 2. The largest absolute Gasteiger partial charge is 0.481 e. The topological polar surface area (TPSA) is 66.8 Å². The Labute approximate surface area is 117 Å². The number of rotatable bonds is 2. The van der Waals surface area contributed by atoms with Crippen molar-refractivity contribution in [2.24, 2.45) is 5.41 Å². The number of carbonyl (C=O) groups excluding carboxylic acids is 1. The van der Waals surface area contributed by atoms with Crippen molar-refractivity contribution in [3.05, 3.63) is 41.6 Å². The Balaban J connectivity index is 2.59. The first-order chi connectivity index (χ1) is 9.39. The van der Waals surface area contributed by atoms with Gasteiger partial charge in [0.05, 0.1) is 18.6 Å². The van der Waals surface area contributed by atoms with Crippen molar-refractivity contribution in [3.63, 3.8) is 0 Å². The summed E-state index contributed by atoms with van der Waals surface area (Å²) in [5.41, 5.74) is 0.564. The summed E-state index contributed by atoms with van der Waals surface area (Å²) in [5, 5.41) is 9.49. The molecule has 0 saturated heterocycles. The molecule has 1 aromatic carbocycles. The fourth-order valence-electron chi connectivity index (χ4n) is 2.43. The van der Waals surface area contributed by atoms with Gasteiger partial charge in [0, 0.05) is 6.20 Å². The molecule has 2 rings (SSSR count). The van der Waals surface area contributed by atoms with Crippen LogP contribution >= 0.6 is 0 Å². The lowest BCUT2D eigenvalue weighted by atomic mass is 9.77. The zero-order valence-electron chi connectivity index (χ0n) is 11.7. The van der Waals surface area contributed by atoms with Crippen LogP contribution in [0.25, 0.3) is 6.08 Å². The van der Waals surface area contributed by atoms with E-state index in [0.717, 1.165) is 11.1 Å². The number of carboxylic acid groups (broad SMARTS) is 1. The van der Waals surface area contributed by atoms with E-state index in [1.54, 1.807) is 26.1 Å². The zero-order valence-corrected chi connectivity index (χ0v) is 11.7. The third kappa shape index (κ3) is 2.15. The van der Waals surface area contributed by atoms with Gasteiger partial charge in [-0.1, -0.05) is 24.3 Å². The zero-order chi connectivity index (χ0) is 14.9. The number of ether oxygens (including phenoxy) is 1. The average molecular weight is 275 g/mol. The maximum Gasteiger partial charge on any atom is 0.414 e. The minimum atomic E-state index is -1.14. The van der Waals surface area contributed by atoms with Gasteiger partial charge in [-0.25, -0.2) is 4.79 Å². The van der Waals surface area contributed by atoms with E-state index in [4.69, 9.17) is 4.74 Å². The van der Waals surface area contributed by atoms with E-state index in [0.29, 0.717) is 0 Å². The second-order valence-corrected chi connectivity index (χ2v) is 5.25. The molecule has 1 amide bonds. The van der Waals surface area contributed by atoms with Crippen LogP contribution in [0, 0.1) is 5.41 Å². The lowest BCUT2D eigenvalue weighted by Gasteiger charge is -2.40. The molecule has 20 heavy (non-hydrogen) atoms. The maximum absolute atomic E-state index is 11.9. The number of amides is 1. The molecule has 0 spiro atoms. The second kappa shape index (κ2) is 5.00. The number of hydrogen-bond donors (Lipinski definition) is 1. The van der Waals surface area contributed by atoms with Gasteiger partial charge in [0.1, 0.15) is 0 Å². The molecule has 0 aromatic heterocycles. The molecule has 1 atom stereocenters. The van der Waals surface area contributed by atoms with Gasteiger partial charge in [0.2, 0.25) is 0 Å². The van der Waals surface area contributed by atoms with E-state index in [9.17, 15) is 14.7 Å². The molecule has 0 fully saturated rings. The summed E-state index contributed by atoms with van der Waals surface area (Å²) in [5.74, 6) is -0.971. The lowest BCUT2D eigenvalue weighted by molar-refractivity contribution is -0.150. The summed E-state index contributed by atoms with van der Waals surface area (Å²) in [4.78, 5) is 24.8. The number of nitrogens with zero attached hydrogens (tertiary/aromatic N) is 1. The van der Waals surface area contributed by atoms with Gasteiger partial charge in [-0.05, 0) is 31.1 Å². The highest BCUT2D eigenvalue weighted by atomic mass is 16.5. The van der Waals surface area contributed by atoms with Gasteiger partial charge in [-0.3, -0.25) is 9.69 Å². The number of methoxy groups -OCH3 is 1. The number of hydrogen-bond acceptors (Lipinski definition) is 3. The summed E-state index contributed by atoms with van der Waals surface area (Å²) in [6, 6.07) is 6.82. The molecule has 1 N–H and O–H groups in total. The first kappa shape index (κ1) is 14.1. The Morgan fingerprint density at radius 2 is 1.95 bits per heavy atom. The molecule has 0 bridgehead atoms. The normalized spacial score (nSPS) is 17.6. The number of fused-ring (bicyclic) bond motifs is 1. The minimum Gasteiger partial charge on any atom is -0.481 e. The van der Waals surface area contributed by atoms with Crippen molar-refractivity contribution in [2.75, 3.05) is 7.11 Å². The Bertz CT molecular complexity index is 577. The third-order valence-corrected chi connectivity index (χ3v) is 3.60. The quantitative estimate of drug-likeness (QED) is 0.901. The molecule has 0 aliphatic carbocycles. The molecule has 106 valence electrons. The molecule has 1 heterocycles. The van der Waals surface area contributed by atoms with E-state index in [2.05, 4.69) is 0 Å². The summed E-state index contributed by atoms with van der Waals surface area (Å²) < 4.78 is 4.75. The highest BCUT2D eigenvalue weighted by Gasteiger charge is 2.45. The van der Waals surface area contributed by atoms with Crippen molar-refractivity contribution >= 4 is 18.1 Å². The molecule has 1 aliphatic heterocycles. The monoisotopic (exact) mass is 275 g/mol. The van der Waals surface area contributed by atoms with Crippen LogP contribution in [0.3, 0.4) is 0 Å². The molecule has 5 heteroatoms. The van der Waals surface area contributed by atoms with Crippen molar-refractivity contribution in [3.8, 4) is 0 Å². The Kier molecular flexibility index (Phi) is 3.53. The molecule has 1 aromatic rings. The van der Waals surface area contributed by atoms with Crippen LogP contribution in [0.15, 0.2) is 30.5 Å². The van der Waals surface area contributed by atoms with E-state index in [-0.39, 0.29) is 0 Å². The summed E-state index contributed by atoms with van der Waals surface area (Å²) in [7, 11) is 1.28. The van der Waals surface area contributed by atoms with Gasteiger partial charge in [-0.2, -0.15) is 0 Å². The van der Waals surface area contributed by atoms with Crippen LogP contribution in [0.5, 0.6) is 0 Å². The Morgan fingerprint density at radius 3 is 2.55 bits per heavy atom. The predicted octanol–water partition coefficient (Wildman–Crippen LogP) is 2.89. The van der Waals surface area contributed by atoms with E-state index >= 15 is 0 Å². The Hall–Kier alpha value is -2.30. The van der Waals surface area contributed by atoms with E-state index in [1.165, 1.54) is 12.0 Å². The second-order valence-electron chi connectivity index (χ2n) is 5.25. The predicted molar refractivity (Wildman–Crippen MR) is 73.9 cm³/mol. The van der Waals surface area contributed by atoms with Gasteiger partial charge in [-0.15, -0.1) is 0 Å². The first-order valence-corrected chi connectivity index (χ1v) is 6.26. The summed E-state index contributed by atoms with van der Waals surface area (Å²) in [6.07, 6.45) is 2.78. The SMILES string of the molecule is COC(=O)N1C=Cc2ccccc2C1C(C)(C)C(=O)O. The molecule has 0 saturated carbocycles. The van der Waals surface area contributed by atoms with Gasteiger partial charge in [0.15, 0.2) is 0 Å². The van der Waals surface area contributed by atoms with Crippen molar-refractivity contribution < 1.29 is 19.4 Å². The van der Waals surface area contributed by atoms with Crippen LogP contribution < -0.4 is 0 Å². The average Bonchev–Trinajstić information content (AvgIpc) is 2.44.